The summed E-state index contributed by atoms with van der Waals surface area (Å²) in [6, 6.07) is 3.63. The smallest absolute Gasteiger partial charge is 0.172 e. The van der Waals surface area contributed by atoms with Crippen LogP contribution in [0.5, 0.6) is 11.5 Å². The van der Waals surface area contributed by atoms with Crippen molar-refractivity contribution in [2.75, 3.05) is 6.61 Å². The molecule has 1 aromatic carbocycles. The maximum atomic E-state index is 9.89. The molecule has 0 aliphatic rings. The van der Waals surface area contributed by atoms with Gasteiger partial charge in [-0.15, -0.1) is 0 Å². The third-order valence-corrected chi connectivity index (χ3v) is 3.31. The van der Waals surface area contributed by atoms with E-state index < -0.39 is 0 Å². The quantitative estimate of drug-likeness (QED) is 0.921. The first-order valence-corrected chi connectivity index (χ1v) is 7.01. The predicted molar refractivity (Wildman–Crippen MR) is 82.6 cm³/mol. The second-order valence-corrected chi connectivity index (χ2v) is 5.05. The lowest BCUT2D eigenvalue weighted by atomic mass is 10.1. The van der Waals surface area contributed by atoms with E-state index in [1.165, 1.54) is 0 Å². The lowest BCUT2D eigenvalue weighted by Gasteiger charge is -2.09. The van der Waals surface area contributed by atoms with Gasteiger partial charge in [0.15, 0.2) is 11.5 Å². The summed E-state index contributed by atoms with van der Waals surface area (Å²) in [4.78, 5) is 8.30. The van der Waals surface area contributed by atoms with Crippen LogP contribution < -0.4 is 4.74 Å². The van der Waals surface area contributed by atoms with Crippen molar-refractivity contribution in [3.05, 3.63) is 46.5 Å². The van der Waals surface area contributed by atoms with E-state index in [-0.39, 0.29) is 5.75 Å². The Morgan fingerprint density at radius 1 is 1.40 bits per heavy atom. The maximum Gasteiger partial charge on any atom is 0.172 e. The summed E-state index contributed by atoms with van der Waals surface area (Å²) < 4.78 is 6.01. The van der Waals surface area contributed by atoms with E-state index in [0.29, 0.717) is 16.8 Å². The van der Waals surface area contributed by atoms with Gasteiger partial charge in [-0.1, -0.05) is 0 Å². The molecule has 20 heavy (non-hydrogen) atoms. The van der Waals surface area contributed by atoms with Crippen molar-refractivity contribution in [1.29, 1.82) is 0 Å². The molecular formula is C15H15BrN2O2. The van der Waals surface area contributed by atoms with Crippen molar-refractivity contribution >= 4 is 27.6 Å². The van der Waals surface area contributed by atoms with E-state index >= 15 is 0 Å². The Bertz CT molecular complexity index is 627. The van der Waals surface area contributed by atoms with Gasteiger partial charge >= 0.3 is 0 Å². The van der Waals surface area contributed by atoms with Gasteiger partial charge in [-0.25, -0.2) is 0 Å². The zero-order valence-corrected chi connectivity index (χ0v) is 12.9. The molecular weight excluding hydrogens is 320 g/mol. The zero-order chi connectivity index (χ0) is 14.5. The molecule has 4 nitrogen and oxygen atoms in total. The minimum Gasteiger partial charge on any atom is -0.503 e. The Morgan fingerprint density at radius 2 is 2.20 bits per heavy atom. The van der Waals surface area contributed by atoms with Crippen molar-refractivity contribution in [3.63, 3.8) is 0 Å². The van der Waals surface area contributed by atoms with Crippen LogP contribution in [0.4, 0.5) is 0 Å². The Balaban J connectivity index is 2.38. The van der Waals surface area contributed by atoms with Gasteiger partial charge in [-0.3, -0.25) is 9.97 Å². The fraction of sp³-hybridized carbons (Fsp3) is 0.200. The average molecular weight is 335 g/mol. The van der Waals surface area contributed by atoms with Crippen LogP contribution in [0.2, 0.25) is 0 Å². The van der Waals surface area contributed by atoms with Crippen LogP contribution in [0, 0.1) is 0 Å². The highest BCUT2D eigenvalue weighted by Gasteiger charge is 2.08. The molecule has 0 aliphatic carbocycles. The third kappa shape index (κ3) is 3.36. The number of phenolic OH excluding ortho intramolecular Hbond substituents is 1. The van der Waals surface area contributed by atoms with Crippen molar-refractivity contribution in [2.24, 2.45) is 0 Å². The number of ether oxygens (including phenoxy) is 1. The molecule has 0 spiro atoms. The van der Waals surface area contributed by atoms with Crippen molar-refractivity contribution in [2.45, 2.75) is 13.8 Å². The van der Waals surface area contributed by atoms with E-state index in [1.807, 2.05) is 26.0 Å². The SMILES string of the molecule is CCOc1cc(/C=C(\C)c2cnccn2)cc(Br)c1O. The molecule has 0 bridgehead atoms. The molecule has 1 heterocycles. The minimum atomic E-state index is 0.112. The van der Waals surface area contributed by atoms with Crippen molar-refractivity contribution in [3.8, 4) is 11.5 Å². The second-order valence-electron chi connectivity index (χ2n) is 4.20. The Labute approximate surface area is 126 Å². The van der Waals surface area contributed by atoms with Gasteiger partial charge in [0.1, 0.15) is 0 Å². The third-order valence-electron chi connectivity index (χ3n) is 2.70. The molecule has 0 saturated carbocycles. The molecule has 104 valence electrons. The highest BCUT2D eigenvalue weighted by Crippen LogP contribution is 2.36. The summed E-state index contributed by atoms with van der Waals surface area (Å²) in [5, 5.41) is 9.89. The van der Waals surface area contributed by atoms with Crippen molar-refractivity contribution in [1.82, 2.24) is 9.97 Å². The lowest BCUT2D eigenvalue weighted by Crippen LogP contribution is -1.93. The van der Waals surface area contributed by atoms with Gasteiger partial charge in [0.05, 0.1) is 23.0 Å². The molecule has 0 atom stereocenters. The van der Waals surface area contributed by atoms with Crippen LogP contribution in [0.25, 0.3) is 11.6 Å². The average Bonchev–Trinajstić information content (AvgIpc) is 2.45. The number of aromatic nitrogens is 2. The van der Waals surface area contributed by atoms with E-state index in [1.54, 1.807) is 24.7 Å². The molecule has 2 aromatic rings. The van der Waals surface area contributed by atoms with Gasteiger partial charge in [0.25, 0.3) is 0 Å². The topological polar surface area (TPSA) is 55.2 Å². The Hall–Kier alpha value is -1.88. The number of phenols is 1. The monoisotopic (exact) mass is 334 g/mol. The second kappa shape index (κ2) is 6.52. The van der Waals surface area contributed by atoms with Crippen LogP contribution in [0.3, 0.4) is 0 Å². The molecule has 0 radical (unpaired) electrons. The molecule has 0 saturated heterocycles. The number of hydrogen-bond acceptors (Lipinski definition) is 4. The normalized spacial score (nSPS) is 11.4. The summed E-state index contributed by atoms with van der Waals surface area (Å²) in [5.74, 6) is 0.571. The van der Waals surface area contributed by atoms with E-state index in [9.17, 15) is 5.11 Å². The van der Waals surface area contributed by atoms with Crippen LogP contribution in [0.15, 0.2) is 35.2 Å². The number of halogens is 1. The predicted octanol–water partition coefficient (Wildman–Crippen LogP) is 3.90. The van der Waals surface area contributed by atoms with E-state index in [4.69, 9.17) is 4.74 Å². The molecule has 0 amide bonds. The molecule has 1 N–H and O–H groups in total. The van der Waals surface area contributed by atoms with Crippen molar-refractivity contribution < 1.29 is 9.84 Å². The van der Waals surface area contributed by atoms with Gasteiger partial charge in [0.2, 0.25) is 0 Å². The molecule has 0 unspecified atom stereocenters. The number of nitrogens with zero attached hydrogens (tertiary/aromatic N) is 2. The summed E-state index contributed by atoms with van der Waals surface area (Å²) >= 11 is 3.33. The summed E-state index contributed by atoms with van der Waals surface area (Å²) in [7, 11) is 0. The van der Waals surface area contributed by atoms with Crippen LogP contribution in [0.1, 0.15) is 25.1 Å². The molecule has 0 fully saturated rings. The van der Waals surface area contributed by atoms with Gasteiger partial charge < -0.3 is 9.84 Å². The van der Waals surface area contributed by atoms with E-state index in [2.05, 4.69) is 25.9 Å². The summed E-state index contributed by atoms with van der Waals surface area (Å²) in [6.45, 7) is 4.34. The Morgan fingerprint density at radius 3 is 2.85 bits per heavy atom. The van der Waals surface area contributed by atoms with Gasteiger partial charge in [-0.2, -0.15) is 0 Å². The first-order valence-electron chi connectivity index (χ1n) is 6.21. The van der Waals surface area contributed by atoms with Gasteiger partial charge in [0, 0.05) is 12.4 Å². The zero-order valence-electron chi connectivity index (χ0n) is 11.3. The number of aromatic hydroxyl groups is 1. The standard InChI is InChI=1S/C15H15BrN2O2/c1-3-20-14-8-11(7-12(16)15(14)19)6-10(2)13-9-17-4-5-18-13/h4-9,19H,3H2,1-2H3/b10-6+. The highest BCUT2D eigenvalue weighted by molar-refractivity contribution is 9.10. The molecule has 2 rings (SSSR count). The van der Waals surface area contributed by atoms with Crippen LogP contribution in [-0.4, -0.2) is 21.7 Å². The fourth-order valence-electron chi connectivity index (χ4n) is 1.77. The summed E-state index contributed by atoms with van der Waals surface area (Å²) in [6.07, 6.45) is 6.98. The minimum absolute atomic E-state index is 0.112. The molecule has 5 heteroatoms. The maximum absolute atomic E-state index is 9.89. The number of rotatable bonds is 4. The number of benzene rings is 1. The lowest BCUT2D eigenvalue weighted by molar-refractivity contribution is 0.317. The first kappa shape index (κ1) is 14.5. The summed E-state index contributed by atoms with van der Waals surface area (Å²) in [5.41, 5.74) is 2.72. The first-order chi connectivity index (χ1) is 9.61. The number of hydrogen-bond donors (Lipinski definition) is 1. The number of allylic oxidation sites excluding steroid dienone is 1. The molecule has 1 aromatic heterocycles. The molecule has 0 aliphatic heterocycles. The fourth-order valence-corrected chi connectivity index (χ4v) is 2.23. The van der Waals surface area contributed by atoms with Gasteiger partial charge in [-0.05, 0) is 59.1 Å². The Kier molecular flexibility index (Phi) is 4.74. The highest BCUT2D eigenvalue weighted by atomic mass is 79.9. The van der Waals surface area contributed by atoms with E-state index in [0.717, 1.165) is 16.8 Å². The van der Waals surface area contributed by atoms with Crippen LogP contribution in [-0.2, 0) is 0 Å². The van der Waals surface area contributed by atoms with Crippen LogP contribution >= 0.6 is 15.9 Å². The largest absolute Gasteiger partial charge is 0.503 e.